The quantitative estimate of drug-likeness (QED) is 0.210. The third-order valence-corrected chi connectivity index (χ3v) is 4.99. The molecule has 0 aliphatic heterocycles. The van der Waals surface area contributed by atoms with Gasteiger partial charge in [-0.2, -0.15) is 0 Å². The van der Waals surface area contributed by atoms with Crippen LogP contribution in [-0.4, -0.2) is 61.4 Å². The summed E-state index contributed by atoms with van der Waals surface area (Å²) < 4.78 is 10.1. The molecule has 8 heteroatoms. The first-order valence-corrected chi connectivity index (χ1v) is 9.60. The second-order valence-electron chi connectivity index (χ2n) is 5.25. The van der Waals surface area contributed by atoms with Gasteiger partial charge in [0.05, 0.1) is 13.2 Å². The van der Waals surface area contributed by atoms with E-state index in [1.165, 1.54) is 0 Å². The largest absolute Gasteiger partial charge is 0.676 e. The molecular formula is C15H31N2O3S2Y-. The molecule has 0 aliphatic rings. The predicted molar refractivity (Wildman–Crippen MR) is 99.1 cm³/mol. The minimum Gasteiger partial charge on any atom is -0.676 e. The summed E-state index contributed by atoms with van der Waals surface area (Å²) in [7, 11) is 3.51. The zero-order valence-corrected chi connectivity index (χ0v) is 19.2. The van der Waals surface area contributed by atoms with Crippen molar-refractivity contribution in [3.63, 3.8) is 0 Å². The minimum absolute atomic E-state index is 0. The van der Waals surface area contributed by atoms with Crippen molar-refractivity contribution >= 4 is 21.6 Å². The molecule has 0 fully saturated rings. The Morgan fingerprint density at radius 1 is 1.30 bits per heavy atom. The summed E-state index contributed by atoms with van der Waals surface area (Å²) >= 11 is 0. The van der Waals surface area contributed by atoms with Crippen LogP contribution in [0.4, 0.5) is 0 Å². The molecular weight excluding hydrogens is 409 g/mol. The first kappa shape index (κ1) is 28.9. The number of ether oxygens (including phenoxy) is 2. The Kier molecular flexibility index (Phi) is 26.7. The van der Waals surface area contributed by atoms with Crippen molar-refractivity contribution < 1.29 is 47.3 Å². The van der Waals surface area contributed by atoms with E-state index in [1.54, 1.807) is 10.8 Å². The number of terminal acetylenes is 1. The third-order valence-electron chi connectivity index (χ3n) is 2.02. The second-order valence-corrected chi connectivity index (χ2v) is 8.20. The van der Waals surface area contributed by atoms with E-state index in [9.17, 15) is 0 Å². The van der Waals surface area contributed by atoms with Gasteiger partial charge in [-0.05, 0) is 13.8 Å². The van der Waals surface area contributed by atoms with E-state index in [0.29, 0.717) is 38.3 Å². The molecule has 0 rings (SSSR count). The Bertz CT molecular complexity index is 278. The van der Waals surface area contributed by atoms with Gasteiger partial charge < -0.3 is 25.6 Å². The molecule has 0 aliphatic carbocycles. The molecule has 5 nitrogen and oxygen atoms in total. The average Bonchev–Trinajstić information content (AvgIpc) is 2.46. The summed E-state index contributed by atoms with van der Waals surface area (Å²) in [5.74, 6) is 2.93. The molecule has 3 N–H and O–H groups in total. The second kappa shape index (κ2) is 21.2. The molecule has 0 spiro atoms. The van der Waals surface area contributed by atoms with Crippen LogP contribution >= 0.6 is 21.6 Å². The van der Waals surface area contributed by atoms with Crippen LogP contribution in [0.25, 0.3) is 5.73 Å². The first-order chi connectivity index (χ1) is 10.4. The van der Waals surface area contributed by atoms with Gasteiger partial charge in [-0.3, -0.25) is 0 Å². The van der Waals surface area contributed by atoms with Crippen molar-refractivity contribution in [1.82, 2.24) is 5.32 Å². The van der Waals surface area contributed by atoms with Crippen molar-refractivity contribution in [3.05, 3.63) is 5.73 Å². The molecule has 135 valence electrons. The van der Waals surface area contributed by atoms with Gasteiger partial charge in [0.25, 0.3) is 0 Å². The van der Waals surface area contributed by atoms with Crippen molar-refractivity contribution in [2.45, 2.75) is 38.5 Å². The first-order valence-electron chi connectivity index (χ1n) is 7.28. The molecule has 0 aromatic rings. The van der Waals surface area contributed by atoms with Gasteiger partial charge in [-0.1, -0.05) is 41.4 Å². The van der Waals surface area contributed by atoms with Crippen LogP contribution in [0.3, 0.4) is 0 Å². The third kappa shape index (κ3) is 28.3. The monoisotopic (exact) mass is 440 g/mol. The SMILES string of the molecule is C#CCOCC[NH-].CC(C)NCC(C)(C)SSCOCCO.[Y]. The maximum Gasteiger partial charge on any atom is 0.107 e. The Hall–Kier alpha value is 1.16. The van der Waals surface area contributed by atoms with Crippen molar-refractivity contribution in [3.8, 4) is 12.3 Å². The van der Waals surface area contributed by atoms with Crippen LogP contribution in [0.15, 0.2) is 0 Å². The minimum atomic E-state index is 0. The summed E-state index contributed by atoms with van der Waals surface area (Å²) in [6.07, 6.45) is 4.83. The van der Waals surface area contributed by atoms with Crippen LogP contribution in [0.5, 0.6) is 0 Å². The summed E-state index contributed by atoms with van der Waals surface area (Å²) in [5.41, 5.74) is 6.59. The predicted octanol–water partition coefficient (Wildman–Crippen LogP) is 2.80. The van der Waals surface area contributed by atoms with E-state index >= 15 is 0 Å². The van der Waals surface area contributed by atoms with Gasteiger partial charge in [0, 0.05) is 56.6 Å². The van der Waals surface area contributed by atoms with Gasteiger partial charge in [-0.25, -0.2) is 0 Å². The zero-order valence-electron chi connectivity index (χ0n) is 14.8. The van der Waals surface area contributed by atoms with E-state index in [1.807, 2.05) is 10.8 Å². The molecule has 0 unspecified atom stereocenters. The summed E-state index contributed by atoms with van der Waals surface area (Å²) in [6, 6.07) is 0.528. The molecule has 0 heterocycles. The van der Waals surface area contributed by atoms with Crippen molar-refractivity contribution in [2.24, 2.45) is 0 Å². The zero-order chi connectivity index (χ0) is 17.3. The maximum absolute atomic E-state index is 8.52. The molecule has 0 aromatic heterocycles. The van der Waals surface area contributed by atoms with E-state index in [0.717, 1.165) is 6.54 Å². The number of nitrogens with one attached hydrogen (secondary N) is 2. The van der Waals surface area contributed by atoms with Gasteiger partial charge >= 0.3 is 0 Å². The summed E-state index contributed by atoms with van der Waals surface area (Å²) in [6.45, 7) is 11.3. The Balaban J connectivity index is -0.000000425. The fourth-order valence-electron chi connectivity index (χ4n) is 1.02. The topological polar surface area (TPSA) is 74.5 Å². The van der Waals surface area contributed by atoms with Crippen LogP contribution in [-0.2, 0) is 42.2 Å². The Morgan fingerprint density at radius 2 is 1.96 bits per heavy atom. The number of hydrogen-bond acceptors (Lipinski definition) is 6. The van der Waals surface area contributed by atoms with Crippen molar-refractivity contribution in [2.75, 3.05) is 45.5 Å². The maximum atomic E-state index is 8.52. The van der Waals surface area contributed by atoms with E-state index in [-0.39, 0.29) is 44.1 Å². The number of rotatable bonds is 12. The number of hydrogen-bond donors (Lipinski definition) is 2. The molecule has 0 saturated carbocycles. The normalized spacial score (nSPS) is 10.5. The van der Waals surface area contributed by atoms with Gasteiger partial charge in [0.15, 0.2) is 0 Å². The molecule has 0 bridgehead atoms. The van der Waals surface area contributed by atoms with E-state index in [2.05, 4.69) is 38.9 Å². The smallest absolute Gasteiger partial charge is 0.107 e. The standard InChI is InChI=1S/C10H23NO2S2.C5H8NO.Y/c1-9(2)11-7-10(3,4)15-14-8-13-6-5-12;1-2-4-7-5-3-6;/h9,11-12H,5-8H2,1-4H3;1,6H,3-5H2;/q;-1;. The summed E-state index contributed by atoms with van der Waals surface area (Å²) in [5, 5.41) is 11.9. The van der Waals surface area contributed by atoms with Gasteiger partial charge in [0.2, 0.25) is 0 Å². The molecule has 23 heavy (non-hydrogen) atoms. The van der Waals surface area contributed by atoms with Crippen LogP contribution in [0.2, 0.25) is 0 Å². The average molecular weight is 440 g/mol. The molecule has 0 amide bonds. The van der Waals surface area contributed by atoms with Gasteiger partial charge in [0.1, 0.15) is 12.5 Å². The fraction of sp³-hybridized carbons (Fsp3) is 0.867. The molecule has 0 atom stereocenters. The summed E-state index contributed by atoms with van der Waals surface area (Å²) in [4.78, 5) is 0. The van der Waals surface area contributed by atoms with Crippen LogP contribution in [0.1, 0.15) is 27.7 Å². The molecule has 0 aromatic carbocycles. The number of aliphatic hydroxyl groups excluding tert-OH is 1. The number of aliphatic hydroxyl groups is 1. The van der Waals surface area contributed by atoms with Crippen molar-refractivity contribution in [1.29, 1.82) is 0 Å². The van der Waals surface area contributed by atoms with E-state index in [4.69, 9.17) is 26.7 Å². The van der Waals surface area contributed by atoms with Gasteiger partial charge in [-0.15, -0.1) is 13.0 Å². The Morgan fingerprint density at radius 3 is 2.43 bits per heavy atom. The fourth-order valence-corrected chi connectivity index (χ4v) is 3.20. The van der Waals surface area contributed by atoms with Crippen LogP contribution in [0, 0.1) is 12.3 Å². The van der Waals surface area contributed by atoms with Crippen LogP contribution < -0.4 is 5.32 Å². The molecule has 0 saturated heterocycles. The molecule has 1 radical (unpaired) electrons. The van der Waals surface area contributed by atoms with E-state index < -0.39 is 0 Å². The Labute approximate surface area is 175 Å².